The Morgan fingerprint density at radius 3 is 2.83 bits per heavy atom. The maximum atomic E-state index is 6.25. The number of hydrogen-bond acceptors (Lipinski definition) is 2. The molecule has 1 heterocycles. The predicted octanol–water partition coefficient (Wildman–Crippen LogP) is 4.67. The molecule has 3 rings (SSSR count). The molecule has 1 saturated carbocycles. The molecule has 18 heavy (non-hydrogen) atoms. The average Bonchev–Trinajstić information content (AvgIpc) is 2.97. The molecule has 1 aromatic carbocycles. The molecule has 0 spiro atoms. The van der Waals surface area contributed by atoms with Gasteiger partial charge in [-0.3, -0.25) is 0 Å². The molecular formula is C15H18ClNO. The molecule has 2 N–H and O–H groups in total. The second-order valence-corrected chi connectivity index (χ2v) is 5.71. The Morgan fingerprint density at radius 2 is 2.11 bits per heavy atom. The normalized spacial score (nSPS) is 18.6. The zero-order valence-corrected chi connectivity index (χ0v) is 11.1. The Labute approximate surface area is 112 Å². The van der Waals surface area contributed by atoms with Crippen molar-refractivity contribution in [2.45, 2.75) is 38.1 Å². The van der Waals surface area contributed by atoms with Gasteiger partial charge in [0.05, 0.1) is 11.1 Å². The molecule has 2 nitrogen and oxygen atoms in total. The van der Waals surface area contributed by atoms with Crippen molar-refractivity contribution >= 4 is 22.6 Å². The highest BCUT2D eigenvalue weighted by atomic mass is 35.5. The van der Waals surface area contributed by atoms with Gasteiger partial charge in [0, 0.05) is 5.39 Å². The lowest BCUT2D eigenvalue weighted by molar-refractivity contribution is 0.401. The van der Waals surface area contributed by atoms with E-state index in [0.717, 1.165) is 29.1 Å². The number of halogens is 1. The monoisotopic (exact) mass is 263 g/mol. The molecule has 1 aromatic heterocycles. The Hall–Kier alpha value is -0.990. The molecular weight excluding hydrogens is 246 g/mol. The van der Waals surface area contributed by atoms with Gasteiger partial charge in [0.1, 0.15) is 5.76 Å². The SMILES string of the molecule is NC(CC1CCCC1)c1cc2cccc(Cl)c2o1. The van der Waals surface area contributed by atoms with Gasteiger partial charge in [-0.25, -0.2) is 0 Å². The van der Waals surface area contributed by atoms with Crippen LogP contribution >= 0.6 is 11.6 Å². The van der Waals surface area contributed by atoms with Crippen LogP contribution in [0.2, 0.25) is 5.02 Å². The van der Waals surface area contributed by atoms with Crippen LogP contribution in [0.15, 0.2) is 28.7 Å². The topological polar surface area (TPSA) is 39.2 Å². The summed E-state index contributed by atoms with van der Waals surface area (Å²) < 4.78 is 5.81. The lowest BCUT2D eigenvalue weighted by Gasteiger charge is -2.13. The van der Waals surface area contributed by atoms with E-state index in [9.17, 15) is 0 Å². The number of rotatable bonds is 3. The Kier molecular flexibility index (Phi) is 3.31. The van der Waals surface area contributed by atoms with Crippen LogP contribution in [0.25, 0.3) is 11.0 Å². The molecule has 1 atom stereocenters. The summed E-state index contributed by atoms with van der Waals surface area (Å²) in [7, 11) is 0. The third-order valence-corrected chi connectivity index (χ3v) is 4.24. The molecule has 0 amide bonds. The minimum Gasteiger partial charge on any atom is -0.458 e. The molecule has 1 fully saturated rings. The molecule has 0 radical (unpaired) electrons. The Bertz CT molecular complexity index is 542. The zero-order valence-electron chi connectivity index (χ0n) is 10.4. The Balaban J connectivity index is 1.82. The van der Waals surface area contributed by atoms with Gasteiger partial charge in [0.25, 0.3) is 0 Å². The van der Waals surface area contributed by atoms with Crippen LogP contribution in [0.5, 0.6) is 0 Å². The van der Waals surface area contributed by atoms with Crippen LogP contribution in [0.4, 0.5) is 0 Å². The third-order valence-electron chi connectivity index (χ3n) is 3.94. The molecule has 1 aliphatic carbocycles. The van der Waals surface area contributed by atoms with Crippen LogP contribution in [-0.2, 0) is 0 Å². The summed E-state index contributed by atoms with van der Waals surface area (Å²) in [5.74, 6) is 1.63. The summed E-state index contributed by atoms with van der Waals surface area (Å²) in [6.45, 7) is 0. The van der Waals surface area contributed by atoms with Crippen molar-refractivity contribution in [2.24, 2.45) is 11.7 Å². The quantitative estimate of drug-likeness (QED) is 0.874. The van der Waals surface area contributed by atoms with Gasteiger partial charge in [-0.05, 0) is 24.5 Å². The van der Waals surface area contributed by atoms with Gasteiger partial charge in [-0.1, -0.05) is 49.4 Å². The molecule has 0 aliphatic heterocycles. The summed E-state index contributed by atoms with van der Waals surface area (Å²) in [5, 5.41) is 1.70. The highest BCUT2D eigenvalue weighted by Crippen LogP contribution is 2.34. The van der Waals surface area contributed by atoms with E-state index in [4.69, 9.17) is 21.8 Å². The number of para-hydroxylation sites is 1. The smallest absolute Gasteiger partial charge is 0.152 e. The number of fused-ring (bicyclic) bond motifs is 1. The fraction of sp³-hybridized carbons (Fsp3) is 0.467. The lowest BCUT2D eigenvalue weighted by Crippen LogP contribution is -2.13. The van der Waals surface area contributed by atoms with Crippen molar-refractivity contribution in [3.05, 3.63) is 35.0 Å². The minimum absolute atomic E-state index is 0.00318. The van der Waals surface area contributed by atoms with Crippen molar-refractivity contribution in [3.8, 4) is 0 Å². The van der Waals surface area contributed by atoms with E-state index in [1.54, 1.807) is 0 Å². The van der Waals surface area contributed by atoms with Crippen molar-refractivity contribution in [1.29, 1.82) is 0 Å². The van der Waals surface area contributed by atoms with Crippen LogP contribution < -0.4 is 5.73 Å². The molecule has 0 saturated heterocycles. The maximum absolute atomic E-state index is 6.25. The van der Waals surface area contributed by atoms with E-state index in [0.29, 0.717) is 5.02 Å². The predicted molar refractivity (Wildman–Crippen MR) is 74.7 cm³/mol. The molecule has 1 unspecified atom stereocenters. The first kappa shape index (κ1) is 12.1. The van der Waals surface area contributed by atoms with E-state index in [-0.39, 0.29) is 6.04 Å². The van der Waals surface area contributed by atoms with Gasteiger partial charge in [0.2, 0.25) is 0 Å². The summed E-state index contributed by atoms with van der Waals surface area (Å²) in [6, 6.07) is 7.82. The van der Waals surface area contributed by atoms with Crippen molar-refractivity contribution in [2.75, 3.05) is 0 Å². The zero-order chi connectivity index (χ0) is 12.5. The number of hydrogen-bond donors (Lipinski definition) is 1. The highest BCUT2D eigenvalue weighted by molar-refractivity contribution is 6.34. The van der Waals surface area contributed by atoms with E-state index in [1.807, 2.05) is 24.3 Å². The molecule has 1 aliphatic rings. The lowest BCUT2D eigenvalue weighted by atomic mass is 9.97. The fourth-order valence-electron chi connectivity index (χ4n) is 2.95. The van der Waals surface area contributed by atoms with Crippen LogP contribution in [0, 0.1) is 5.92 Å². The molecule has 3 heteroatoms. The summed E-state index contributed by atoms with van der Waals surface area (Å²) in [5.41, 5.74) is 7.01. The van der Waals surface area contributed by atoms with Crippen LogP contribution in [0.1, 0.15) is 43.9 Å². The summed E-state index contributed by atoms with van der Waals surface area (Å²) in [6.07, 6.45) is 6.35. The molecule has 96 valence electrons. The largest absolute Gasteiger partial charge is 0.458 e. The first-order valence-electron chi connectivity index (χ1n) is 6.67. The number of nitrogens with two attached hydrogens (primary N) is 1. The minimum atomic E-state index is -0.00318. The Morgan fingerprint density at radius 1 is 1.33 bits per heavy atom. The van der Waals surface area contributed by atoms with Gasteiger partial charge >= 0.3 is 0 Å². The molecule has 2 aromatic rings. The van der Waals surface area contributed by atoms with E-state index >= 15 is 0 Å². The van der Waals surface area contributed by atoms with Gasteiger partial charge in [0.15, 0.2) is 5.58 Å². The van der Waals surface area contributed by atoms with E-state index in [1.165, 1.54) is 25.7 Å². The number of benzene rings is 1. The van der Waals surface area contributed by atoms with Gasteiger partial charge in [-0.15, -0.1) is 0 Å². The first-order chi connectivity index (χ1) is 8.74. The first-order valence-corrected chi connectivity index (χ1v) is 7.05. The fourth-order valence-corrected chi connectivity index (χ4v) is 3.17. The van der Waals surface area contributed by atoms with E-state index < -0.39 is 0 Å². The standard InChI is InChI=1S/C15H18ClNO/c16-12-7-3-6-11-9-14(18-15(11)12)13(17)8-10-4-1-2-5-10/h3,6-7,9-10,13H,1-2,4-5,8,17H2. The van der Waals surface area contributed by atoms with E-state index in [2.05, 4.69) is 0 Å². The maximum Gasteiger partial charge on any atom is 0.152 e. The van der Waals surface area contributed by atoms with Gasteiger partial charge in [-0.2, -0.15) is 0 Å². The highest BCUT2D eigenvalue weighted by Gasteiger charge is 2.21. The second-order valence-electron chi connectivity index (χ2n) is 5.30. The number of furan rings is 1. The second kappa shape index (κ2) is 4.94. The van der Waals surface area contributed by atoms with Gasteiger partial charge < -0.3 is 10.2 Å². The molecule has 0 bridgehead atoms. The van der Waals surface area contributed by atoms with Crippen molar-refractivity contribution in [1.82, 2.24) is 0 Å². The summed E-state index contributed by atoms with van der Waals surface area (Å²) >= 11 is 6.11. The third kappa shape index (κ3) is 2.27. The van der Waals surface area contributed by atoms with Crippen LogP contribution in [0.3, 0.4) is 0 Å². The van der Waals surface area contributed by atoms with Crippen molar-refractivity contribution in [3.63, 3.8) is 0 Å². The summed E-state index contributed by atoms with van der Waals surface area (Å²) in [4.78, 5) is 0. The van der Waals surface area contributed by atoms with Crippen LogP contribution in [-0.4, -0.2) is 0 Å². The average molecular weight is 264 g/mol. The van der Waals surface area contributed by atoms with Crippen molar-refractivity contribution < 1.29 is 4.42 Å².